The number of H-pyrrole nitrogens is 1. The van der Waals surface area contributed by atoms with Gasteiger partial charge in [0.1, 0.15) is 6.23 Å². The van der Waals surface area contributed by atoms with Crippen LogP contribution < -0.4 is 17.0 Å². The lowest BCUT2D eigenvalue weighted by atomic mass is 9.97. The van der Waals surface area contributed by atoms with E-state index in [0.29, 0.717) is 6.42 Å². The van der Waals surface area contributed by atoms with Crippen LogP contribution in [0.5, 0.6) is 0 Å². The molecule has 5 atom stereocenters. The summed E-state index contributed by atoms with van der Waals surface area (Å²) in [6.07, 6.45) is 0.0906. The number of hydrogen-bond donors (Lipinski definition) is 6. The van der Waals surface area contributed by atoms with E-state index in [1.807, 2.05) is 0 Å². The summed E-state index contributed by atoms with van der Waals surface area (Å²) in [5, 5.41) is 0. The van der Waals surface area contributed by atoms with Gasteiger partial charge in [-0.2, -0.15) is 8.62 Å². The average molecular weight is 509 g/mol. The summed E-state index contributed by atoms with van der Waals surface area (Å²) in [6.45, 7) is 1.02. The smallest absolute Gasteiger partial charge is 0.352 e. The quantitative estimate of drug-likeness (QED) is 0.216. The Kier molecular flexibility index (Phi) is 8.37. The standard InChI is InChI=1S/C12H22N3O13P3/c1-7-5-15(12(17)14-11(7)16)10-4-8(2-3-13)9(26-10)6-25-30(21,22)28-31(23,24)27-29(18,19)20/h5,8-10H,2-4,6,13H2,1H3,(H,21,22)(H,23,24)(H,14,16,17)(H2,18,19,20)/t8-,9+,10+/m0/s1. The molecule has 1 fully saturated rings. The van der Waals surface area contributed by atoms with Gasteiger partial charge in [0.05, 0.1) is 12.7 Å². The molecule has 2 unspecified atom stereocenters. The molecule has 7 N–H and O–H groups in total. The Morgan fingerprint density at radius 1 is 1.19 bits per heavy atom. The van der Waals surface area contributed by atoms with E-state index in [4.69, 9.17) is 20.3 Å². The van der Waals surface area contributed by atoms with Crippen LogP contribution in [0.3, 0.4) is 0 Å². The molecular formula is C12H22N3O13P3. The van der Waals surface area contributed by atoms with Crippen molar-refractivity contribution in [2.24, 2.45) is 11.7 Å². The van der Waals surface area contributed by atoms with E-state index in [1.54, 1.807) is 0 Å². The van der Waals surface area contributed by atoms with E-state index in [0.717, 1.165) is 4.57 Å². The van der Waals surface area contributed by atoms with Crippen molar-refractivity contribution in [3.05, 3.63) is 32.6 Å². The van der Waals surface area contributed by atoms with Crippen LogP contribution in [-0.4, -0.2) is 48.4 Å². The Morgan fingerprint density at radius 3 is 2.42 bits per heavy atom. The van der Waals surface area contributed by atoms with Crippen molar-refractivity contribution in [2.75, 3.05) is 13.2 Å². The van der Waals surface area contributed by atoms with Gasteiger partial charge in [-0.1, -0.05) is 0 Å². The third kappa shape index (κ3) is 7.82. The highest BCUT2D eigenvalue weighted by molar-refractivity contribution is 7.66. The second-order valence-electron chi connectivity index (χ2n) is 6.57. The van der Waals surface area contributed by atoms with Crippen molar-refractivity contribution in [1.29, 1.82) is 0 Å². The first-order valence-corrected chi connectivity index (χ1v) is 13.1. The Labute approximate surface area is 174 Å². The number of nitrogens with one attached hydrogen (secondary N) is 1. The second kappa shape index (κ2) is 9.87. The minimum atomic E-state index is -5.64. The highest BCUT2D eigenvalue weighted by atomic mass is 31.3. The summed E-state index contributed by atoms with van der Waals surface area (Å²) in [4.78, 5) is 61.5. The van der Waals surface area contributed by atoms with E-state index < -0.39 is 53.7 Å². The Bertz CT molecular complexity index is 1050. The number of phosphoric ester groups is 1. The molecule has 0 saturated carbocycles. The summed E-state index contributed by atoms with van der Waals surface area (Å²) in [5.74, 6) is -0.374. The van der Waals surface area contributed by atoms with Crippen molar-refractivity contribution in [3.63, 3.8) is 0 Å². The first-order valence-electron chi connectivity index (χ1n) is 8.58. The summed E-state index contributed by atoms with van der Waals surface area (Å²) >= 11 is 0. The van der Waals surface area contributed by atoms with Crippen molar-refractivity contribution in [1.82, 2.24) is 9.55 Å². The third-order valence-electron chi connectivity index (χ3n) is 4.17. The lowest BCUT2D eigenvalue weighted by Crippen LogP contribution is -2.33. The summed E-state index contributed by atoms with van der Waals surface area (Å²) in [7, 11) is -16.5. The van der Waals surface area contributed by atoms with Gasteiger partial charge < -0.3 is 30.0 Å². The average Bonchev–Trinajstić information content (AvgIpc) is 2.96. The highest BCUT2D eigenvalue weighted by Crippen LogP contribution is 2.66. The van der Waals surface area contributed by atoms with Gasteiger partial charge in [-0.25, -0.2) is 18.5 Å². The van der Waals surface area contributed by atoms with Gasteiger partial charge in [-0.15, -0.1) is 0 Å². The van der Waals surface area contributed by atoms with Gasteiger partial charge in [0.15, 0.2) is 0 Å². The Morgan fingerprint density at radius 2 is 1.84 bits per heavy atom. The van der Waals surface area contributed by atoms with Crippen LogP contribution in [0.1, 0.15) is 24.6 Å². The van der Waals surface area contributed by atoms with E-state index in [9.17, 15) is 33.1 Å². The molecule has 178 valence electrons. The second-order valence-corrected chi connectivity index (χ2v) is 11.0. The lowest BCUT2D eigenvalue weighted by Gasteiger charge is -2.21. The molecule has 1 aromatic heterocycles. The highest BCUT2D eigenvalue weighted by Gasteiger charge is 2.43. The number of ether oxygens (including phenoxy) is 1. The van der Waals surface area contributed by atoms with Crippen LogP contribution in [0.4, 0.5) is 0 Å². The molecule has 0 bridgehead atoms. The Hall–Kier alpha value is -0.990. The van der Waals surface area contributed by atoms with Gasteiger partial charge in [-0.3, -0.25) is 18.9 Å². The minimum absolute atomic E-state index is 0.200. The van der Waals surface area contributed by atoms with Gasteiger partial charge in [-0.05, 0) is 32.2 Å². The number of nitrogens with zero attached hydrogens (tertiary/aromatic N) is 1. The molecule has 1 saturated heterocycles. The van der Waals surface area contributed by atoms with Gasteiger partial charge >= 0.3 is 29.2 Å². The molecule has 0 aromatic carbocycles. The predicted molar refractivity (Wildman–Crippen MR) is 102 cm³/mol. The normalized spacial score (nSPS) is 25.8. The fourth-order valence-corrected chi connectivity index (χ4v) is 5.95. The van der Waals surface area contributed by atoms with Gasteiger partial charge in [0.2, 0.25) is 0 Å². The summed E-state index contributed by atoms with van der Waals surface area (Å²) < 4.78 is 52.6. The van der Waals surface area contributed by atoms with Crippen LogP contribution in [0, 0.1) is 12.8 Å². The molecule has 0 spiro atoms. The summed E-state index contributed by atoms with van der Waals surface area (Å²) in [5.41, 5.74) is 4.49. The number of aromatic nitrogens is 2. The first-order chi connectivity index (χ1) is 14.1. The molecule has 1 aliphatic rings. The van der Waals surface area contributed by atoms with Crippen molar-refractivity contribution < 1.29 is 51.2 Å². The van der Waals surface area contributed by atoms with Crippen LogP contribution in [-0.2, 0) is 31.6 Å². The van der Waals surface area contributed by atoms with Gasteiger partial charge in [0, 0.05) is 11.8 Å². The molecule has 1 aromatic rings. The van der Waals surface area contributed by atoms with Gasteiger partial charge in [0.25, 0.3) is 5.56 Å². The van der Waals surface area contributed by atoms with Crippen LogP contribution in [0.25, 0.3) is 0 Å². The molecule has 0 radical (unpaired) electrons. The van der Waals surface area contributed by atoms with Crippen molar-refractivity contribution >= 4 is 23.5 Å². The van der Waals surface area contributed by atoms with Crippen LogP contribution in [0.15, 0.2) is 15.8 Å². The molecule has 0 amide bonds. The zero-order valence-electron chi connectivity index (χ0n) is 16.0. The van der Waals surface area contributed by atoms with E-state index in [1.165, 1.54) is 13.1 Å². The third-order valence-corrected chi connectivity index (χ3v) is 7.98. The van der Waals surface area contributed by atoms with Crippen molar-refractivity contribution in [3.8, 4) is 0 Å². The number of nitrogens with two attached hydrogens (primary N) is 1. The minimum Gasteiger partial charge on any atom is -0.352 e. The number of aryl methyl sites for hydroxylation is 1. The van der Waals surface area contributed by atoms with E-state index in [-0.39, 0.29) is 24.4 Å². The zero-order chi connectivity index (χ0) is 23.6. The molecule has 2 rings (SSSR count). The fourth-order valence-electron chi connectivity index (χ4n) is 2.92. The molecule has 2 heterocycles. The summed E-state index contributed by atoms with van der Waals surface area (Å²) in [6, 6.07) is 0. The molecule has 19 heteroatoms. The zero-order valence-corrected chi connectivity index (χ0v) is 18.7. The fraction of sp³-hybridized carbons (Fsp3) is 0.667. The molecule has 31 heavy (non-hydrogen) atoms. The molecule has 16 nitrogen and oxygen atoms in total. The molecule has 1 aliphatic heterocycles. The van der Waals surface area contributed by atoms with E-state index >= 15 is 0 Å². The maximum Gasteiger partial charge on any atom is 0.490 e. The Balaban J connectivity index is 2.11. The van der Waals surface area contributed by atoms with Crippen molar-refractivity contribution in [2.45, 2.75) is 32.1 Å². The largest absolute Gasteiger partial charge is 0.490 e. The molecular weight excluding hydrogens is 487 g/mol. The maximum absolute atomic E-state index is 12.1. The van der Waals surface area contributed by atoms with Crippen LogP contribution >= 0.6 is 23.5 Å². The molecule has 0 aliphatic carbocycles. The first kappa shape index (κ1) is 26.3. The number of rotatable bonds is 10. The number of phosphoric acid groups is 3. The SMILES string of the molecule is Cc1cn([C@H]2C[C@H](CCN)[C@@H](COP(=O)(O)OP(=O)(O)OP(=O)(O)O)O2)c(=O)[nH]c1=O. The lowest BCUT2D eigenvalue weighted by molar-refractivity contribution is -0.0325. The predicted octanol–water partition coefficient (Wildman–Crippen LogP) is -0.559. The van der Waals surface area contributed by atoms with Crippen LogP contribution in [0.2, 0.25) is 0 Å². The topological polar surface area (TPSA) is 250 Å². The number of aromatic amines is 1. The monoisotopic (exact) mass is 509 g/mol. The number of hydrogen-bond acceptors (Lipinski definition) is 10. The van der Waals surface area contributed by atoms with E-state index in [2.05, 4.69) is 18.1 Å². The maximum atomic E-state index is 12.1.